The number of fused-ring (bicyclic) bond motifs is 1. The van der Waals surface area contributed by atoms with Gasteiger partial charge in [0.1, 0.15) is 29.1 Å². The van der Waals surface area contributed by atoms with E-state index in [2.05, 4.69) is 6.92 Å². The fourth-order valence-corrected chi connectivity index (χ4v) is 3.25. The molecule has 0 saturated carbocycles. The van der Waals surface area contributed by atoms with E-state index in [0.717, 1.165) is 28.9 Å². The summed E-state index contributed by atoms with van der Waals surface area (Å²) >= 11 is 0. The summed E-state index contributed by atoms with van der Waals surface area (Å²) in [5.41, 5.74) is 2.86. The second kappa shape index (κ2) is 7.23. The number of aryl methyl sites for hydroxylation is 1. The number of aliphatic hydroxyl groups is 1. The van der Waals surface area contributed by atoms with Crippen molar-refractivity contribution in [1.29, 1.82) is 0 Å². The van der Waals surface area contributed by atoms with Gasteiger partial charge >= 0.3 is 0 Å². The lowest BCUT2D eigenvalue weighted by atomic mass is 9.93. The maximum absolute atomic E-state index is 10.7. The molecular weight excluding hydrogens is 320 g/mol. The zero-order valence-electron chi connectivity index (χ0n) is 15.0. The van der Waals surface area contributed by atoms with E-state index in [1.165, 1.54) is 0 Å². The van der Waals surface area contributed by atoms with Crippen molar-refractivity contribution in [3.8, 4) is 23.0 Å². The largest absolute Gasteiger partial charge is 0.496 e. The third-order valence-electron chi connectivity index (χ3n) is 4.63. The van der Waals surface area contributed by atoms with E-state index in [-0.39, 0.29) is 0 Å². The first-order chi connectivity index (χ1) is 12.1. The minimum absolute atomic E-state index is 0.449. The summed E-state index contributed by atoms with van der Waals surface area (Å²) in [5.74, 6) is 2.80. The normalized spacial score (nSPS) is 18.9. The molecule has 0 spiro atoms. The van der Waals surface area contributed by atoms with Gasteiger partial charge in [0.25, 0.3) is 0 Å². The lowest BCUT2D eigenvalue weighted by molar-refractivity contribution is 0.0197. The summed E-state index contributed by atoms with van der Waals surface area (Å²) in [4.78, 5) is 0. The summed E-state index contributed by atoms with van der Waals surface area (Å²) in [5, 5.41) is 10.7. The molecule has 0 aromatic heterocycles. The highest BCUT2D eigenvalue weighted by Gasteiger charge is 2.32. The third-order valence-corrected chi connectivity index (χ3v) is 4.63. The number of ether oxygens (including phenoxy) is 4. The molecular formula is C20H24O5. The second-order valence-electron chi connectivity index (χ2n) is 6.04. The lowest BCUT2D eigenvalue weighted by Crippen LogP contribution is -2.30. The highest BCUT2D eigenvalue weighted by atomic mass is 16.5. The van der Waals surface area contributed by atoms with Gasteiger partial charge in [0.15, 0.2) is 0 Å². The van der Waals surface area contributed by atoms with Gasteiger partial charge in [-0.3, -0.25) is 0 Å². The monoisotopic (exact) mass is 344 g/mol. The van der Waals surface area contributed by atoms with Crippen molar-refractivity contribution in [2.45, 2.75) is 32.0 Å². The number of hydrogen-bond acceptors (Lipinski definition) is 5. The molecule has 2 atom stereocenters. The maximum atomic E-state index is 10.7. The third kappa shape index (κ3) is 3.24. The molecule has 0 radical (unpaired) electrons. The quantitative estimate of drug-likeness (QED) is 0.902. The molecule has 1 aliphatic rings. The van der Waals surface area contributed by atoms with Gasteiger partial charge in [-0.25, -0.2) is 0 Å². The Bertz CT molecular complexity index is 756. The highest BCUT2D eigenvalue weighted by Crippen LogP contribution is 2.43. The Morgan fingerprint density at radius 3 is 2.44 bits per heavy atom. The van der Waals surface area contributed by atoms with Crippen LogP contribution in [0, 0.1) is 0 Å². The molecule has 134 valence electrons. The van der Waals surface area contributed by atoms with Crippen LogP contribution in [0.2, 0.25) is 0 Å². The van der Waals surface area contributed by atoms with E-state index in [1.54, 1.807) is 27.4 Å². The topological polar surface area (TPSA) is 57.2 Å². The lowest BCUT2D eigenvalue weighted by Gasteiger charge is -2.32. The average Bonchev–Trinajstić information content (AvgIpc) is 2.66. The number of aliphatic hydroxyl groups excluding tert-OH is 1. The predicted octanol–water partition coefficient (Wildman–Crippen LogP) is 3.31. The van der Waals surface area contributed by atoms with Crippen LogP contribution in [0.1, 0.15) is 29.7 Å². The minimum atomic E-state index is -0.674. The summed E-state index contributed by atoms with van der Waals surface area (Å²) in [6.07, 6.45) is 0.191. The Labute approximate surface area is 148 Å². The summed E-state index contributed by atoms with van der Waals surface area (Å²) in [7, 11) is 4.86. The van der Waals surface area contributed by atoms with E-state index in [1.807, 2.05) is 24.3 Å². The van der Waals surface area contributed by atoms with Gasteiger partial charge in [-0.05, 0) is 23.6 Å². The van der Waals surface area contributed by atoms with Crippen LogP contribution < -0.4 is 18.9 Å². The van der Waals surface area contributed by atoms with Crippen LogP contribution >= 0.6 is 0 Å². The molecule has 0 fully saturated rings. The fraction of sp³-hybridized carbons (Fsp3) is 0.400. The van der Waals surface area contributed by atoms with Crippen LogP contribution in [0.15, 0.2) is 30.3 Å². The van der Waals surface area contributed by atoms with Gasteiger partial charge < -0.3 is 24.1 Å². The van der Waals surface area contributed by atoms with E-state index < -0.39 is 12.2 Å². The van der Waals surface area contributed by atoms with Crippen LogP contribution in [-0.4, -0.2) is 32.5 Å². The van der Waals surface area contributed by atoms with Crippen LogP contribution in [0.3, 0.4) is 0 Å². The highest BCUT2D eigenvalue weighted by molar-refractivity contribution is 5.53. The van der Waals surface area contributed by atoms with Crippen molar-refractivity contribution >= 4 is 0 Å². The van der Waals surface area contributed by atoms with Crippen molar-refractivity contribution in [3.05, 3.63) is 47.0 Å². The summed E-state index contributed by atoms with van der Waals surface area (Å²) in [6, 6.07) is 9.57. The van der Waals surface area contributed by atoms with E-state index in [9.17, 15) is 5.11 Å². The number of benzene rings is 2. The van der Waals surface area contributed by atoms with Gasteiger partial charge in [0.2, 0.25) is 0 Å². The molecule has 1 heterocycles. The molecule has 0 amide bonds. The Morgan fingerprint density at radius 2 is 1.80 bits per heavy atom. The zero-order chi connectivity index (χ0) is 18.0. The van der Waals surface area contributed by atoms with Gasteiger partial charge in [-0.15, -0.1) is 0 Å². The van der Waals surface area contributed by atoms with Gasteiger partial charge in [-0.1, -0.05) is 19.1 Å². The van der Waals surface area contributed by atoms with Crippen molar-refractivity contribution in [2.24, 2.45) is 0 Å². The van der Waals surface area contributed by atoms with E-state index in [0.29, 0.717) is 23.7 Å². The molecule has 5 heteroatoms. The van der Waals surface area contributed by atoms with E-state index in [4.69, 9.17) is 18.9 Å². The van der Waals surface area contributed by atoms with Crippen LogP contribution in [0.4, 0.5) is 0 Å². The molecule has 2 aromatic rings. The average molecular weight is 344 g/mol. The standard InChI is InChI=1S/C20H24O5/c1-5-12-6-7-13(8-17(12)23-3)20-16(21)11-15-18(24-4)9-14(22-2)10-19(15)25-20/h6-10,16,20-21H,5,11H2,1-4H3. The maximum Gasteiger partial charge on any atom is 0.150 e. The van der Waals surface area contributed by atoms with Crippen molar-refractivity contribution in [1.82, 2.24) is 0 Å². The first-order valence-corrected chi connectivity index (χ1v) is 8.37. The Hall–Kier alpha value is -2.40. The first kappa shape index (κ1) is 17.4. The van der Waals surface area contributed by atoms with Gasteiger partial charge in [0, 0.05) is 24.1 Å². The van der Waals surface area contributed by atoms with Crippen LogP contribution in [0.5, 0.6) is 23.0 Å². The van der Waals surface area contributed by atoms with Crippen LogP contribution in [-0.2, 0) is 12.8 Å². The summed E-state index contributed by atoms with van der Waals surface area (Å²) < 4.78 is 22.3. The summed E-state index contributed by atoms with van der Waals surface area (Å²) in [6.45, 7) is 2.08. The second-order valence-corrected chi connectivity index (χ2v) is 6.04. The molecule has 1 N–H and O–H groups in total. The Morgan fingerprint density at radius 1 is 1.04 bits per heavy atom. The number of hydrogen-bond donors (Lipinski definition) is 1. The number of methoxy groups -OCH3 is 3. The molecule has 0 saturated heterocycles. The number of rotatable bonds is 5. The molecule has 0 aliphatic carbocycles. The minimum Gasteiger partial charge on any atom is -0.496 e. The molecule has 2 aromatic carbocycles. The smallest absolute Gasteiger partial charge is 0.150 e. The Kier molecular flexibility index (Phi) is 5.04. The SMILES string of the molecule is CCc1ccc(C2Oc3cc(OC)cc(OC)c3CC2O)cc1OC. The fourth-order valence-electron chi connectivity index (χ4n) is 3.25. The predicted molar refractivity (Wildman–Crippen MR) is 95.0 cm³/mol. The van der Waals surface area contributed by atoms with Crippen molar-refractivity contribution in [2.75, 3.05) is 21.3 Å². The van der Waals surface area contributed by atoms with Gasteiger partial charge in [0.05, 0.1) is 27.4 Å². The molecule has 0 bridgehead atoms. The zero-order valence-corrected chi connectivity index (χ0v) is 15.0. The molecule has 3 rings (SSSR count). The molecule has 25 heavy (non-hydrogen) atoms. The van der Waals surface area contributed by atoms with Crippen LogP contribution in [0.25, 0.3) is 0 Å². The van der Waals surface area contributed by atoms with Gasteiger partial charge in [-0.2, -0.15) is 0 Å². The molecule has 2 unspecified atom stereocenters. The first-order valence-electron chi connectivity index (χ1n) is 8.37. The molecule has 1 aliphatic heterocycles. The van der Waals surface area contributed by atoms with E-state index >= 15 is 0 Å². The Balaban J connectivity index is 1.99. The molecule has 5 nitrogen and oxygen atoms in total. The van der Waals surface area contributed by atoms with Crippen molar-refractivity contribution < 1.29 is 24.1 Å². The van der Waals surface area contributed by atoms with Crippen molar-refractivity contribution in [3.63, 3.8) is 0 Å².